The molecule has 0 saturated heterocycles. The quantitative estimate of drug-likeness (QED) is 0.808. The number of aromatic nitrogens is 1. The van der Waals surface area contributed by atoms with E-state index in [0.29, 0.717) is 6.54 Å². The third-order valence-corrected chi connectivity index (χ3v) is 1.50. The summed E-state index contributed by atoms with van der Waals surface area (Å²) < 4.78 is 0. The van der Waals surface area contributed by atoms with Crippen molar-refractivity contribution < 1.29 is 0 Å². The van der Waals surface area contributed by atoms with Gasteiger partial charge in [-0.1, -0.05) is 13.0 Å². The molecule has 1 heterocycles. The normalized spacial score (nSPS) is 8.17. The van der Waals surface area contributed by atoms with Gasteiger partial charge in [0.2, 0.25) is 0 Å². The van der Waals surface area contributed by atoms with Crippen LogP contribution in [-0.2, 0) is 13.0 Å². The van der Waals surface area contributed by atoms with Crippen LogP contribution in [0.5, 0.6) is 0 Å². The molecule has 0 aliphatic heterocycles. The van der Waals surface area contributed by atoms with E-state index in [4.69, 9.17) is 5.73 Å². The highest BCUT2D eigenvalue weighted by Gasteiger charge is 1.90. The Labute approximate surface area is 85.4 Å². The van der Waals surface area contributed by atoms with Crippen molar-refractivity contribution in [3.8, 4) is 0 Å². The predicted octanol–water partition coefficient (Wildman–Crippen LogP) is 1.95. The Kier molecular flexibility index (Phi) is 8.71. The Morgan fingerprint density at radius 2 is 1.83 bits per heavy atom. The van der Waals surface area contributed by atoms with Crippen molar-refractivity contribution in [1.82, 2.24) is 4.98 Å². The molecule has 0 spiro atoms. The van der Waals surface area contributed by atoms with E-state index in [2.05, 4.69) is 18.0 Å². The Morgan fingerprint density at radius 1 is 1.25 bits per heavy atom. The highest BCUT2D eigenvalue weighted by atomic mass is 35.5. The molecule has 0 bridgehead atoms. The van der Waals surface area contributed by atoms with Gasteiger partial charge in [0, 0.05) is 18.9 Å². The van der Waals surface area contributed by atoms with E-state index in [1.807, 2.05) is 6.20 Å². The van der Waals surface area contributed by atoms with Crippen molar-refractivity contribution in [2.75, 3.05) is 0 Å². The van der Waals surface area contributed by atoms with Crippen LogP contribution >= 0.6 is 24.8 Å². The molecule has 0 fully saturated rings. The summed E-state index contributed by atoms with van der Waals surface area (Å²) in [5.41, 5.74) is 7.80. The molecule has 0 aliphatic carbocycles. The molecule has 0 aliphatic rings. The molecule has 0 amide bonds. The zero-order valence-corrected chi connectivity index (χ0v) is 8.62. The maximum absolute atomic E-state index is 5.43. The maximum Gasteiger partial charge on any atom is 0.0312 e. The summed E-state index contributed by atoms with van der Waals surface area (Å²) in [7, 11) is 0. The lowest BCUT2D eigenvalue weighted by Gasteiger charge is -1.97. The van der Waals surface area contributed by atoms with Gasteiger partial charge in [0.05, 0.1) is 0 Å². The smallest absolute Gasteiger partial charge is 0.0312 e. The van der Waals surface area contributed by atoms with Gasteiger partial charge in [-0.25, -0.2) is 0 Å². The highest BCUT2D eigenvalue weighted by Crippen LogP contribution is 2.01. The van der Waals surface area contributed by atoms with Crippen molar-refractivity contribution in [2.45, 2.75) is 19.9 Å². The summed E-state index contributed by atoms with van der Waals surface area (Å²) in [4.78, 5) is 4.05. The monoisotopic (exact) mass is 208 g/mol. The summed E-state index contributed by atoms with van der Waals surface area (Å²) in [6.07, 6.45) is 4.71. The van der Waals surface area contributed by atoms with Crippen LogP contribution in [0, 0.1) is 0 Å². The highest BCUT2D eigenvalue weighted by molar-refractivity contribution is 5.85. The number of aryl methyl sites for hydroxylation is 1. The molecule has 0 saturated carbocycles. The fraction of sp³-hybridized carbons (Fsp3) is 0.375. The fourth-order valence-electron chi connectivity index (χ4n) is 0.846. The van der Waals surface area contributed by atoms with Crippen molar-refractivity contribution in [2.24, 2.45) is 5.73 Å². The molecule has 0 atom stereocenters. The first-order valence-electron chi connectivity index (χ1n) is 3.49. The largest absolute Gasteiger partial charge is 0.326 e. The van der Waals surface area contributed by atoms with E-state index in [1.165, 1.54) is 5.56 Å². The molecule has 0 radical (unpaired) electrons. The molecular weight excluding hydrogens is 195 g/mol. The van der Waals surface area contributed by atoms with Crippen LogP contribution in [0.4, 0.5) is 0 Å². The third-order valence-electron chi connectivity index (χ3n) is 1.50. The van der Waals surface area contributed by atoms with Gasteiger partial charge >= 0.3 is 0 Å². The van der Waals surface area contributed by atoms with Crippen LogP contribution < -0.4 is 5.73 Å². The molecule has 70 valence electrons. The summed E-state index contributed by atoms with van der Waals surface area (Å²) in [5.74, 6) is 0. The summed E-state index contributed by atoms with van der Waals surface area (Å²) in [5, 5.41) is 0. The topological polar surface area (TPSA) is 38.9 Å². The van der Waals surface area contributed by atoms with E-state index >= 15 is 0 Å². The molecule has 1 rings (SSSR count). The van der Waals surface area contributed by atoms with Crippen LogP contribution in [0.1, 0.15) is 18.1 Å². The van der Waals surface area contributed by atoms with Crippen molar-refractivity contribution in [3.05, 3.63) is 29.6 Å². The fourth-order valence-corrected chi connectivity index (χ4v) is 0.846. The summed E-state index contributed by atoms with van der Waals surface area (Å²) in [6, 6.07) is 2.09. The molecular formula is C8H14Cl2N2. The number of hydrogen-bond donors (Lipinski definition) is 1. The predicted molar refractivity (Wildman–Crippen MR) is 56.0 cm³/mol. The molecule has 4 heteroatoms. The molecule has 12 heavy (non-hydrogen) atoms. The Bertz CT molecular complexity index is 197. The van der Waals surface area contributed by atoms with E-state index < -0.39 is 0 Å². The maximum atomic E-state index is 5.43. The zero-order chi connectivity index (χ0) is 7.40. The molecule has 2 nitrogen and oxygen atoms in total. The first-order chi connectivity index (χ1) is 4.86. The second-order valence-corrected chi connectivity index (χ2v) is 2.26. The van der Waals surface area contributed by atoms with Crippen LogP contribution in [0.15, 0.2) is 18.5 Å². The van der Waals surface area contributed by atoms with E-state index in [-0.39, 0.29) is 24.8 Å². The first kappa shape index (κ1) is 14.2. The summed E-state index contributed by atoms with van der Waals surface area (Å²) >= 11 is 0. The van der Waals surface area contributed by atoms with Crippen molar-refractivity contribution >= 4 is 24.8 Å². The minimum Gasteiger partial charge on any atom is -0.326 e. The number of nitrogens with zero attached hydrogens (tertiary/aromatic N) is 1. The van der Waals surface area contributed by atoms with Gasteiger partial charge in [0.15, 0.2) is 0 Å². The number of nitrogens with two attached hydrogens (primary N) is 1. The Morgan fingerprint density at radius 3 is 2.33 bits per heavy atom. The van der Waals surface area contributed by atoms with Crippen LogP contribution in [0.25, 0.3) is 0 Å². The lowest BCUT2D eigenvalue weighted by atomic mass is 10.2. The number of pyridine rings is 1. The molecule has 2 N–H and O–H groups in total. The van der Waals surface area contributed by atoms with Crippen LogP contribution in [-0.4, -0.2) is 4.98 Å². The average molecular weight is 209 g/mol. The lowest BCUT2D eigenvalue weighted by Crippen LogP contribution is -1.97. The lowest BCUT2D eigenvalue weighted by molar-refractivity contribution is 1.01. The van der Waals surface area contributed by atoms with Gasteiger partial charge < -0.3 is 5.73 Å². The SMILES string of the molecule is CCc1cncc(CN)c1.Cl.Cl. The molecule has 1 aromatic rings. The van der Waals surface area contributed by atoms with Gasteiger partial charge in [-0.2, -0.15) is 0 Å². The van der Waals surface area contributed by atoms with E-state index in [9.17, 15) is 0 Å². The Balaban J connectivity index is 0. The number of halogens is 2. The van der Waals surface area contributed by atoms with Gasteiger partial charge in [0.25, 0.3) is 0 Å². The zero-order valence-electron chi connectivity index (χ0n) is 6.99. The standard InChI is InChI=1S/C8H12N2.2ClH/c1-2-7-3-8(4-9)6-10-5-7;;/h3,5-6H,2,4,9H2,1H3;2*1H. The minimum atomic E-state index is 0. The number of rotatable bonds is 2. The second kappa shape index (κ2) is 7.35. The molecule has 0 aromatic carbocycles. The second-order valence-electron chi connectivity index (χ2n) is 2.26. The molecule has 0 unspecified atom stereocenters. The first-order valence-corrected chi connectivity index (χ1v) is 3.49. The van der Waals surface area contributed by atoms with Gasteiger partial charge in [0.1, 0.15) is 0 Å². The van der Waals surface area contributed by atoms with Gasteiger partial charge in [-0.3, -0.25) is 4.98 Å². The Hall–Kier alpha value is -0.310. The molecule has 1 aromatic heterocycles. The number of hydrogen-bond acceptors (Lipinski definition) is 2. The van der Waals surface area contributed by atoms with E-state index in [1.54, 1.807) is 6.20 Å². The van der Waals surface area contributed by atoms with Crippen molar-refractivity contribution in [1.29, 1.82) is 0 Å². The third kappa shape index (κ3) is 3.90. The van der Waals surface area contributed by atoms with Gasteiger partial charge in [-0.05, 0) is 17.5 Å². The van der Waals surface area contributed by atoms with Crippen molar-refractivity contribution in [3.63, 3.8) is 0 Å². The van der Waals surface area contributed by atoms with Crippen LogP contribution in [0.2, 0.25) is 0 Å². The van der Waals surface area contributed by atoms with Crippen LogP contribution in [0.3, 0.4) is 0 Å². The van der Waals surface area contributed by atoms with E-state index in [0.717, 1.165) is 12.0 Å². The summed E-state index contributed by atoms with van der Waals surface area (Å²) in [6.45, 7) is 2.69. The van der Waals surface area contributed by atoms with Gasteiger partial charge in [-0.15, -0.1) is 24.8 Å². The minimum absolute atomic E-state index is 0. The average Bonchev–Trinajstić information content (AvgIpc) is 2.05.